The Labute approximate surface area is 150 Å². The van der Waals surface area contributed by atoms with E-state index in [2.05, 4.69) is 47.7 Å². The summed E-state index contributed by atoms with van der Waals surface area (Å²) in [7, 11) is 3.30. The Morgan fingerprint density at radius 1 is 1.00 bits per heavy atom. The van der Waals surface area contributed by atoms with Gasteiger partial charge < -0.3 is 20.1 Å². The molecule has 0 aliphatic heterocycles. The molecule has 0 heterocycles. The maximum atomic E-state index is 5.44. The number of aliphatic imine (C=N–C) groups is 1. The van der Waals surface area contributed by atoms with E-state index >= 15 is 0 Å². The first-order valence-electron chi connectivity index (χ1n) is 8.45. The Balaban J connectivity index is 2.08. The van der Waals surface area contributed by atoms with Gasteiger partial charge >= 0.3 is 0 Å². The van der Waals surface area contributed by atoms with E-state index < -0.39 is 0 Å². The van der Waals surface area contributed by atoms with Crippen molar-refractivity contribution in [3.05, 3.63) is 59.2 Å². The first kappa shape index (κ1) is 18.6. The van der Waals surface area contributed by atoms with Crippen LogP contribution >= 0.6 is 0 Å². The zero-order chi connectivity index (χ0) is 18.1. The normalized spacial score (nSPS) is 11.1. The lowest BCUT2D eigenvalue weighted by molar-refractivity contribution is 0.391. The Bertz CT molecular complexity index is 714. The van der Waals surface area contributed by atoms with Gasteiger partial charge in [-0.3, -0.25) is 0 Å². The highest BCUT2D eigenvalue weighted by Gasteiger charge is 2.06. The Morgan fingerprint density at radius 2 is 1.80 bits per heavy atom. The highest BCUT2D eigenvalue weighted by atomic mass is 16.5. The molecule has 0 unspecified atom stereocenters. The van der Waals surface area contributed by atoms with E-state index in [1.807, 2.05) is 24.3 Å². The van der Waals surface area contributed by atoms with Crippen LogP contribution in [0.4, 0.5) is 0 Å². The number of methoxy groups -OCH3 is 2. The molecular formula is C20H27N3O2. The van der Waals surface area contributed by atoms with Crippen LogP contribution in [0.3, 0.4) is 0 Å². The molecular weight excluding hydrogens is 314 g/mol. The lowest BCUT2D eigenvalue weighted by Crippen LogP contribution is -2.36. The monoisotopic (exact) mass is 341 g/mol. The Morgan fingerprint density at radius 3 is 2.48 bits per heavy atom. The number of rotatable bonds is 7. The van der Waals surface area contributed by atoms with E-state index in [4.69, 9.17) is 9.47 Å². The van der Waals surface area contributed by atoms with Gasteiger partial charge in [0.25, 0.3) is 0 Å². The van der Waals surface area contributed by atoms with Crippen LogP contribution in [-0.2, 0) is 13.1 Å². The van der Waals surface area contributed by atoms with E-state index in [0.29, 0.717) is 6.54 Å². The van der Waals surface area contributed by atoms with Crippen molar-refractivity contribution >= 4 is 5.96 Å². The van der Waals surface area contributed by atoms with Crippen LogP contribution in [0.25, 0.3) is 0 Å². The summed E-state index contributed by atoms with van der Waals surface area (Å²) in [5, 5.41) is 6.66. The van der Waals surface area contributed by atoms with Gasteiger partial charge in [-0.1, -0.05) is 24.3 Å². The average molecular weight is 341 g/mol. The van der Waals surface area contributed by atoms with Crippen molar-refractivity contribution in [2.24, 2.45) is 4.99 Å². The molecule has 5 nitrogen and oxygen atoms in total. The second-order valence-corrected chi connectivity index (χ2v) is 5.65. The number of nitrogens with zero attached hydrogens (tertiary/aromatic N) is 1. The summed E-state index contributed by atoms with van der Waals surface area (Å²) in [6.07, 6.45) is 0. The maximum absolute atomic E-state index is 5.44. The molecule has 2 aromatic carbocycles. The van der Waals surface area contributed by atoms with E-state index in [1.54, 1.807) is 14.2 Å². The molecule has 0 bridgehead atoms. The van der Waals surface area contributed by atoms with Crippen LogP contribution in [0.15, 0.2) is 47.5 Å². The lowest BCUT2D eigenvalue weighted by Gasteiger charge is -2.13. The number of nitrogens with one attached hydrogen (secondary N) is 2. The number of hydrogen-bond donors (Lipinski definition) is 2. The van der Waals surface area contributed by atoms with E-state index in [-0.39, 0.29) is 0 Å². The Hall–Kier alpha value is -2.69. The third-order valence-corrected chi connectivity index (χ3v) is 3.95. The van der Waals surface area contributed by atoms with E-state index in [9.17, 15) is 0 Å². The van der Waals surface area contributed by atoms with Crippen molar-refractivity contribution in [1.29, 1.82) is 0 Å². The van der Waals surface area contributed by atoms with Crippen LogP contribution in [0.1, 0.15) is 23.6 Å². The first-order chi connectivity index (χ1) is 12.2. The highest BCUT2D eigenvalue weighted by Crippen LogP contribution is 2.25. The summed E-state index contributed by atoms with van der Waals surface area (Å²) < 4.78 is 10.7. The number of aryl methyl sites for hydroxylation is 1. The molecule has 0 spiro atoms. The third-order valence-electron chi connectivity index (χ3n) is 3.95. The summed E-state index contributed by atoms with van der Waals surface area (Å²) in [6, 6.07) is 14.1. The van der Waals surface area contributed by atoms with Gasteiger partial charge in [0.15, 0.2) is 5.96 Å². The quantitative estimate of drug-likeness (QED) is 0.599. The van der Waals surface area contributed by atoms with Gasteiger partial charge in [-0.2, -0.15) is 0 Å². The fraction of sp³-hybridized carbons (Fsp3) is 0.350. The van der Waals surface area contributed by atoms with Gasteiger partial charge in [0.2, 0.25) is 0 Å². The van der Waals surface area contributed by atoms with Crippen molar-refractivity contribution in [2.75, 3.05) is 20.8 Å². The lowest BCUT2D eigenvalue weighted by atomic mass is 10.1. The minimum absolute atomic E-state index is 0.524. The second kappa shape index (κ2) is 9.57. The van der Waals surface area contributed by atoms with Gasteiger partial charge in [-0.15, -0.1) is 0 Å². The molecule has 0 amide bonds. The van der Waals surface area contributed by atoms with Gasteiger partial charge in [-0.05, 0) is 37.1 Å². The smallest absolute Gasteiger partial charge is 0.191 e. The predicted octanol–water partition coefficient (Wildman–Crippen LogP) is 3.27. The SMILES string of the molecule is CCNC(=NCc1ccc(OC)cc1OC)NCc1ccccc1C. The fourth-order valence-corrected chi connectivity index (χ4v) is 2.48. The van der Waals surface area contributed by atoms with Gasteiger partial charge in [0.05, 0.1) is 20.8 Å². The van der Waals surface area contributed by atoms with Gasteiger partial charge in [0.1, 0.15) is 11.5 Å². The molecule has 134 valence electrons. The van der Waals surface area contributed by atoms with Crippen molar-refractivity contribution in [3.8, 4) is 11.5 Å². The predicted molar refractivity (Wildman–Crippen MR) is 102 cm³/mol. The summed E-state index contributed by atoms with van der Waals surface area (Å²) in [5.41, 5.74) is 3.54. The fourth-order valence-electron chi connectivity index (χ4n) is 2.48. The molecule has 0 atom stereocenters. The number of benzene rings is 2. The van der Waals surface area contributed by atoms with Crippen molar-refractivity contribution in [3.63, 3.8) is 0 Å². The first-order valence-corrected chi connectivity index (χ1v) is 8.45. The molecule has 2 aromatic rings. The summed E-state index contributed by atoms with van der Waals surface area (Å²) in [4.78, 5) is 4.67. The van der Waals surface area contributed by atoms with Crippen molar-refractivity contribution < 1.29 is 9.47 Å². The number of hydrogen-bond acceptors (Lipinski definition) is 3. The topological polar surface area (TPSA) is 54.9 Å². The van der Waals surface area contributed by atoms with Gasteiger partial charge in [-0.25, -0.2) is 4.99 Å². The molecule has 25 heavy (non-hydrogen) atoms. The molecule has 0 radical (unpaired) electrons. The molecule has 0 aliphatic carbocycles. The van der Waals surface area contributed by atoms with Crippen LogP contribution in [0.5, 0.6) is 11.5 Å². The van der Waals surface area contributed by atoms with Crippen LogP contribution < -0.4 is 20.1 Å². The summed E-state index contributed by atoms with van der Waals surface area (Å²) in [6.45, 7) is 6.23. The molecule has 0 saturated carbocycles. The average Bonchev–Trinajstić information content (AvgIpc) is 2.65. The molecule has 0 aromatic heterocycles. The van der Waals surface area contributed by atoms with Crippen LogP contribution in [0.2, 0.25) is 0 Å². The molecule has 0 fully saturated rings. The maximum Gasteiger partial charge on any atom is 0.191 e. The molecule has 5 heteroatoms. The van der Waals surface area contributed by atoms with Gasteiger partial charge in [0, 0.05) is 24.7 Å². The molecule has 2 rings (SSSR count). The molecule has 0 aliphatic rings. The van der Waals surface area contributed by atoms with Crippen LogP contribution in [0, 0.1) is 6.92 Å². The standard InChI is InChI=1S/C20H27N3O2/c1-5-21-20(22-13-16-9-7-6-8-15(16)2)23-14-17-10-11-18(24-3)12-19(17)25-4/h6-12H,5,13-14H2,1-4H3,(H2,21,22,23). The summed E-state index contributed by atoms with van der Waals surface area (Å²) >= 11 is 0. The van der Waals surface area contributed by atoms with Crippen molar-refractivity contribution in [2.45, 2.75) is 26.9 Å². The zero-order valence-corrected chi connectivity index (χ0v) is 15.4. The minimum Gasteiger partial charge on any atom is -0.497 e. The molecule has 0 saturated heterocycles. The highest BCUT2D eigenvalue weighted by molar-refractivity contribution is 5.79. The third kappa shape index (κ3) is 5.41. The Kier molecular flexibility index (Phi) is 7.14. The number of ether oxygens (including phenoxy) is 2. The number of guanidine groups is 1. The zero-order valence-electron chi connectivity index (χ0n) is 15.4. The van der Waals surface area contributed by atoms with Crippen molar-refractivity contribution in [1.82, 2.24) is 10.6 Å². The van der Waals surface area contributed by atoms with E-state index in [0.717, 1.165) is 36.1 Å². The van der Waals surface area contributed by atoms with E-state index in [1.165, 1.54) is 11.1 Å². The summed E-state index contributed by atoms with van der Waals surface area (Å²) in [5.74, 6) is 2.33. The molecule has 2 N–H and O–H groups in total. The van der Waals surface area contributed by atoms with Crippen LogP contribution in [-0.4, -0.2) is 26.7 Å². The largest absolute Gasteiger partial charge is 0.497 e. The minimum atomic E-state index is 0.524. The second-order valence-electron chi connectivity index (χ2n) is 5.65.